The van der Waals surface area contributed by atoms with Crippen molar-refractivity contribution >= 4 is 6.03 Å². The van der Waals surface area contributed by atoms with Gasteiger partial charge in [0.1, 0.15) is 6.73 Å². The van der Waals surface area contributed by atoms with E-state index in [9.17, 15) is 4.79 Å². The van der Waals surface area contributed by atoms with Crippen LogP contribution >= 0.6 is 0 Å². The zero-order chi connectivity index (χ0) is 17.2. The molecule has 0 aliphatic carbocycles. The molecule has 4 heteroatoms. The summed E-state index contributed by atoms with van der Waals surface area (Å²) in [7, 11) is 0. The highest BCUT2D eigenvalue weighted by molar-refractivity contribution is 5.71. The van der Waals surface area contributed by atoms with Gasteiger partial charge in [0, 0.05) is 6.54 Å². The van der Waals surface area contributed by atoms with Gasteiger partial charge in [0.05, 0.1) is 0 Å². The number of primary amides is 1. The number of carbonyl (C=O) groups excluding carboxylic acids is 1. The molecular weight excluding hydrogens is 288 g/mol. The molecule has 0 aliphatic rings. The number of urea groups is 1. The van der Waals surface area contributed by atoms with Crippen LogP contribution in [0.3, 0.4) is 0 Å². The Morgan fingerprint density at radius 3 is 1.39 bits per heavy atom. The third-order valence-electron chi connectivity index (χ3n) is 4.51. The Labute approximate surface area is 143 Å². The second-order valence-electron chi connectivity index (χ2n) is 6.69. The van der Waals surface area contributed by atoms with Crippen molar-refractivity contribution in [2.24, 2.45) is 5.73 Å². The highest BCUT2D eigenvalue weighted by Gasteiger charge is 2.06. The van der Waals surface area contributed by atoms with Gasteiger partial charge in [-0.15, -0.1) is 0 Å². The van der Waals surface area contributed by atoms with Crippen LogP contribution in [-0.4, -0.2) is 29.3 Å². The lowest BCUT2D eigenvalue weighted by Gasteiger charge is -2.16. The number of unbranched alkanes of at least 4 members (excludes halogenated alkanes) is 14. The summed E-state index contributed by atoms with van der Waals surface area (Å²) in [6.07, 6.45) is 19.9. The van der Waals surface area contributed by atoms with Crippen molar-refractivity contribution < 1.29 is 9.90 Å². The van der Waals surface area contributed by atoms with Gasteiger partial charge in [0.15, 0.2) is 0 Å². The van der Waals surface area contributed by atoms with Crippen LogP contribution in [0, 0.1) is 0 Å². The molecule has 0 rings (SSSR count). The monoisotopic (exact) mass is 328 g/mol. The molecule has 0 atom stereocenters. The Balaban J connectivity index is 3.12. The summed E-state index contributed by atoms with van der Waals surface area (Å²) in [5.41, 5.74) is 5.13. The summed E-state index contributed by atoms with van der Waals surface area (Å²) >= 11 is 0. The summed E-state index contributed by atoms with van der Waals surface area (Å²) in [5.74, 6) is 0. The average molecular weight is 329 g/mol. The SMILES string of the molecule is CCCCCCCCCCCCCCCCCN(CO)C(N)=O. The Kier molecular flexibility index (Phi) is 17.0. The van der Waals surface area contributed by atoms with Crippen LogP contribution < -0.4 is 5.73 Å². The zero-order valence-electron chi connectivity index (χ0n) is 15.4. The van der Waals surface area contributed by atoms with Gasteiger partial charge in [-0.05, 0) is 6.42 Å². The minimum Gasteiger partial charge on any atom is -0.376 e. The lowest BCUT2D eigenvalue weighted by molar-refractivity contribution is 0.126. The molecule has 0 spiro atoms. The van der Waals surface area contributed by atoms with E-state index < -0.39 is 6.03 Å². The number of hydrogen-bond acceptors (Lipinski definition) is 2. The van der Waals surface area contributed by atoms with E-state index in [1.807, 2.05) is 0 Å². The van der Waals surface area contributed by atoms with Crippen LogP contribution in [0.5, 0.6) is 0 Å². The molecule has 23 heavy (non-hydrogen) atoms. The smallest absolute Gasteiger partial charge is 0.316 e. The molecule has 0 bridgehead atoms. The highest BCUT2D eigenvalue weighted by atomic mass is 16.3. The second-order valence-corrected chi connectivity index (χ2v) is 6.69. The van der Waals surface area contributed by atoms with E-state index in [4.69, 9.17) is 10.8 Å². The molecule has 2 amide bonds. The van der Waals surface area contributed by atoms with Crippen LogP contribution in [0.15, 0.2) is 0 Å². The Morgan fingerprint density at radius 1 is 0.739 bits per heavy atom. The van der Waals surface area contributed by atoms with Crippen molar-refractivity contribution in [1.29, 1.82) is 0 Å². The van der Waals surface area contributed by atoms with E-state index in [1.54, 1.807) is 0 Å². The molecule has 0 aromatic heterocycles. The number of aliphatic hydroxyl groups is 1. The lowest BCUT2D eigenvalue weighted by Crippen LogP contribution is -2.37. The molecule has 0 aromatic rings. The first-order valence-electron chi connectivity index (χ1n) is 9.87. The first-order valence-corrected chi connectivity index (χ1v) is 9.87. The third kappa shape index (κ3) is 15.9. The van der Waals surface area contributed by atoms with Crippen LogP contribution in [0.2, 0.25) is 0 Å². The molecule has 0 unspecified atom stereocenters. The molecule has 0 saturated heterocycles. The van der Waals surface area contributed by atoms with Crippen molar-refractivity contribution in [1.82, 2.24) is 4.90 Å². The summed E-state index contributed by atoms with van der Waals surface area (Å²) in [6.45, 7) is 2.57. The van der Waals surface area contributed by atoms with E-state index in [0.29, 0.717) is 6.54 Å². The first kappa shape index (κ1) is 22.2. The maximum atomic E-state index is 10.9. The van der Waals surface area contributed by atoms with Gasteiger partial charge in [0.2, 0.25) is 0 Å². The number of nitrogens with zero attached hydrogens (tertiary/aromatic N) is 1. The Bertz CT molecular complexity index is 260. The molecule has 138 valence electrons. The summed E-state index contributed by atoms with van der Waals surface area (Å²) < 4.78 is 0. The number of rotatable bonds is 17. The molecule has 0 fully saturated rings. The van der Waals surface area contributed by atoms with Crippen molar-refractivity contribution in [3.05, 3.63) is 0 Å². The van der Waals surface area contributed by atoms with E-state index in [0.717, 1.165) is 12.8 Å². The normalized spacial score (nSPS) is 10.9. The fraction of sp³-hybridized carbons (Fsp3) is 0.947. The molecule has 0 aromatic carbocycles. The lowest BCUT2D eigenvalue weighted by atomic mass is 10.0. The van der Waals surface area contributed by atoms with E-state index in [2.05, 4.69) is 6.92 Å². The highest BCUT2D eigenvalue weighted by Crippen LogP contribution is 2.13. The maximum absolute atomic E-state index is 10.9. The number of amides is 2. The fourth-order valence-corrected chi connectivity index (χ4v) is 2.92. The standard InChI is InChI=1S/C19H40N2O2/c1-2-3-4-5-6-7-8-9-10-11-12-13-14-15-16-17-21(18-22)19(20)23/h22H,2-18H2,1H3,(H2,20,23). The van der Waals surface area contributed by atoms with Crippen LogP contribution in [0.1, 0.15) is 103 Å². The van der Waals surface area contributed by atoms with E-state index >= 15 is 0 Å². The number of hydrogen-bond donors (Lipinski definition) is 2. The predicted octanol–water partition coefficient (Wildman–Crippen LogP) is 5.19. The van der Waals surface area contributed by atoms with Gasteiger partial charge in [-0.2, -0.15) is 0 Å². The molecular formula is C19H40N2O2. The second kappa shape index (κ2) is 17.6. The van der Waals surface area contributed by atoms with Crippen molar-refractivity contribution in [2.45, 2.75) is 103 Å². The van der Waals surface area contributed by atoms with Gasteiger partial charge in [-0.3, -0.25) is 0 Å². The summed E-state index contributed by atoms with van der Waals surface area (Å²) in [5, 5.41) is 8.94. The van der Waals surface area contributed by atoms with E-state index in [-0.39, 0.29) is 6.73 Å². The minimum absolute atomic E-state index is 0.270. The predicted molar refractivity (Wildman–Crippen MR) is 98.3 cm³/mol. The van der Waals surface area contributed by atoms with Gasteiger partial charge in [0.25, 0.3) is 0 Å². The number of aliphatic hydroxyl groups excluding tert-OH is 1. The largest absolute Gasteiger partial charge is 0.376 e. The molecule has 3 N–H and O–H groups in total. The Hall–Kier alpha value is -0.770. The van der Waals surface area contributed by atoms with Gasteiger partial charge in [-0.25, -0.2) is 4.79 Å². The van der Waals surface area contributed by atoms with Crippen LogP contribution in [0.4, 0.5) is 4.79 Å². The van der Waals surface area contributed by atoms with Gasteiger partial charge >= 0.3 is 6.03 Å². The molecule has 4 nitrogen and oxygen atoms in total. The van der Waals surface area contributed by atoms with Gasteiger partial charge in [-0.1, -0.05) is 96.8 Å². The minimum atomic E-state index is -0.530. The van der Waals surface area contributed by atoms with Crippen molar-refractivity contribution in [3.63, 3.8) is 0 Å². The molecule has 0 aliphatic heterocycles. The molecule has 0 saturated carbocycles. The van der Waals surface area contributed by atoms with Crippen molar-refractivity contribution in [2.75, 3.05) is 13.3 Å². The molecule has 0 heterocycles. The number of nitrogens with two attached hydrogens (primary N) is 1. The first-order chi connectivity index (χ1) is 11.2. The molecule has 0 radical (unpaired) electrons. The topological polar surface area (TPSA) is 66.6 Å². The summed E-state index contributed by atoms with van der Waals surface area (Å²) in [4.78, 5) is 12.2. The Morgan fingerprint density at radius 2 is 1.09 bits per heavy atom. The average Bonchev–Trinajstić information content (AvgIpc) is 2.54. The van der Waals surface area contributed by atoms with Crippen LogP contribution in [0.25, 0.3) is 0 Å². The maximum Gasteiger partial charge on any atom is 0.316 e. The van der Waals surface area contributed by atoms with Gasteiger partial charge < -0.3 is 15.7 Å². The van der Waals surface area contributed by atoms with Crippen molar-refractivity contribution in [3.8, 4) is 0 Å². The van der Waals surface area contributed by atoms with E-state index in [1.165, 1.54) is 88.4 Å². The van der Waals surface area contributed by atoms with Crippen LogP contribution in [-0.2, 0) is 0 Å². The fourth-order valence-electron chi connectivity index (χ4n) is 2.92. The zero-order valence-corrected chi connectivity index (χ0v) is 15.4. The number of carbonyl (C=O) groups is 1. The quantitative estimate of drug-likeness (QED) is 0.285. The third-order valence-corrected chi connectivity index (χ3v) is 4.51. The summed E-state index contributed by atoms with van der Waals surface area (Å²) in [6, 6.07) is -0.530.